The van der Waals surface area contributed by atoms with Crippen molar-refractivity contribution in [3.63, 3.8) is 0 Å². The molecule has 0 bridgehead atoms. The Morgan fingerprint density at radius 1 is 0.880 bits per heavy atom. The lowest BCUT2D eigenvalue weighted by molar-refractivity contribution is 0.0646. The number of nitrogens with zero attached hydrogens (tertiary/aromatic N) is 1. The zero-order valence-corrected chi connectivity index (χ0v) is 13.3. The van der Waals surface area contributed by atoms with E-state index >= 15 is 0 Å². The lowest BCUT2D eigenvalue weighted by Gasteiger charge is -2.31. The molecule has 1 amide bonds. The van der Waals surface area contributed by atoms with Crippen LogP contribution >= 0.6 is 0 Å². The number of likely N-dealkylation sites (tertiary alicyclic amines) is 1. The lowest BCUT2D eigenvalue weighted by Crippen LogP contribution is -2.40. The predicted molar refractivity (Wildman–Crippen MR) is 85.7 cm³/mol. The Balaban J connectivity index is 1.64. The second-order valence-corrected chi connectivity index (χ2v) is 6.06. The molecule has 25 heavy (non-hydrogen) atoms. The molecule has 0 atom stereocenters. The summed E-state index contributed by atoms with van der Waals surface area (Å²) in [6.45, 7) is 0.625. The van der Waals surface area contributed by atoms with Gasteiger partial charge in [0, 0.05) is 30.6 Å². The second-order valence-electron chi connectivity index (χ2n) is 6.06. The van der Waals surface area contributed by atoms with E-state index in [1.54, 1.807) is 0 Å². The molecule has 1 aliphatic rings. The maximum absolute atomic E-state index is 13.7. The second kappa shape index (κ2) is 7.09. The van der Waals surface area contributed by atoms with Crippen LogP contribution in [-0.4, -0.2) is 29.7 Å². The van der Waals surface area contributed by atoms with Crippen molar-refractivity contribution in [1.29, 1.82) is 0 Å². The SMILES string of the molecule is O=C(c1ccc(F)cc1)C1CCN(C(=O)c2ccc(F)cc2F)CC1. The van der Waals surface area contributed by atoms with E-state index < -0.39 is 23.4 Å². The van der Waals surface area contributed by atoms with Crippen molar-refractivity contribution in [2.75, 3.05) is 13.1 Å². The molecule has 0 unspecified atom stereocenters. The molecule has 0 N–H and O–H groups in total. The lowest BCUT2D eigenvalue weighted by atomic mass is 9.88. The van der Waals surface area contributed by atoms with Gasteiger partial charge in [-0.3, -0.25) is 9.59 Å². The fourth-order valence-electron chi connectivity index (χ4n) is 3.03. The molecule has 0 aromatic heterocycles. The van der Waals surface area contributed by atoms with Crippen LogP contribution in [0.2, 0.25) is 0 Å². The molecule has 0 spiro atoms. The van der Waals surface area contributed by atoms with Gasteiger partial charge < -0.3 is 4.90 Å². The van der Waals surface area contributed by atoms with Crippen molar-refractivity contribution in [2.45, 2.75) is 12.8 Å². The number of rotatable bonds is 3. The summed E-state index contributed by atoms with van der Waals surface area (Å²) in [4.78, 5) is 26.2. The quantitative estimate of drug-likeness (QED) is 0.791. The zero-order valence-electron chi connectivity index (χ0n) is 13.3. The number of piperidine rings is 1. The summed E-state index contributed by atoms with van der Waals surface area (Å²) in [6, 6.07) is 8.22. The number of hydrogen-bond donors (Lipinski definition) is 0. The van der Waals surface area contributed by atoms with E-state index in [0.29, 0.717) is 37.6 Å². The highest BCUT2D eigenvalue weighted by Gasteiger charge is 2.29. The Kier molecular flexibility index (Phi) is 4.88. The minimum Gasteiger partial charge on any atom is -0.339 e. The Hall–Kier alpha value is -2.63. The molecular weight excluding hydrogens is 331 g/mol. The topological polar surface area (TPSA) is 37.4 Å². The molecular formula is C19H16F3NO2. The fraction of sp³-hybridized carbons (Fsp3) is 0.263. The van der Waals surface area contributed by atoms with E-state index in [1.165, 1.54) is 29.2 Å². The number of hydrogen-bond acceptors (Lipinski definition) is 2. The smallest absolute Gasteiger partial charge is 0.256 e. The highest BCUT2D eigenvalue weighted by atomic mass is 19.1. The molecule has 130 valence electrons. The molecule has 1 saturated heterocycles. The largest absolute Gasteiger partial charge is 0.339 e. The summed E-state index contributed by atoms with van der Waals surface area (Å²) in [6.07, 6.45) is 0.898. The standard InChI is InChI=1S/C19H16F3NO2/c20-14-3-1-12(2-4-14)18(24)13-7-9-23(10-8-13)19(25)16-6-5-15(21)11-17(16)22/h1-6,11,13H,7-10H2. The Morgan fingerprint density at radius 3 is 2.08 bits per heavy atom. The highest BCUT2D eigenvalue weighted by Crippen LogP contribution is 2.24. The maximum Gasteiger partial charge on any atom is 0.256 e. The first-order valence-corrected chi connectivity index (χ1v) is 8.00. The molecule has 2 aromatic rings. The van der Waals surface area contributed by atoms with Crippen molar-refractivity contribution in [3.05, 3.63) is 71.0 Å². The minimum absolute atomic E-state index is 0.0833. The molecule has 1 heterocycles. The van der Waals surface area contributed by atoms with Crippen molar-refractivity contribution in [1.82, 2.24) is 4.90 Å². The van der Waals surface area contributed by atoms with Crippen molar-refractivity contribution < 1.29 is 22.8 Å². The van der Waals surface area contributed by atoms with Crippen LogP contribution in [-0.2, 0) is 0 Å². The minimum atomic E-state index is -0.894. The Morgan fingerprint density at radius 2 is 1.48 bits per heavy atom. The average molecular weight is 347 g/mol. The van der Waals surface area contributed by atoms with Crippen LogP contribution in [0.15, 0.2) is 42.5 Å². The number of carbonyl (C=O) groups excluding carboxylic acids is 2. The van der Waals surface area contributed by atoms with Gasteiger partial charge in [-0.2, -0.15) is 0 Å². The van der Waals surface area contributed by atoms with E-state index in [-0.39, 0.29) is 17.3 Å². The summed E-state index contributed by atoms with van der Waals surface area (Å²) in [5.41, 5.74) is 0.264. The first-order valence-electron chi connectivity index (χ1n) is 8.00. The summed E-state index contributed by atoms with van der Waals surface area (Å²) in [5.74, 6) is -2.89. The van der Waals surface area contributed by atoms with Crippen LogP contribution in [0, 0.1) is 23.4 Å². The number of amides is 1. The van der Waals surface area contributed by atoms with Crippen molar-refractivity contribution in [2.24, 2.45) is 5.92 Å². The molecule has 0 saturated carbocycles. The number of benzene rings is 2. The van der Waals surface area contributed by atoms with Gasteiger partial charge in [-0.05, 0) is 49.2 Å². The van der Waals surface area contributed by atoms with E-state index in [1.807, 2.05) is 0 Å². The molecule has 1 aliphatic heterocycles. The summed E-state index contributed by atoms with van der Waals surface area (Å²) < 4.78 is 39.6. The van der Waals surface area contributed by atoms with E-state index in [2.05, 4.69) is 0 Å². The number of carbonyl (C=O) groups is 2. The number of ketones is 1. The van der Waals surface area contributed by atoms with Gasteiger partial charge in [0.1, 0.15) is 17.5 Å². The van der Waals surface area contributed by atoms with E-state index in [0.717, 1.165) is 12.1 Å². The zero-order chi connectivity index (χ0) is 18.0. The van der Waals surface area contributed by atoms with Gasteiger partial charge in [-0.25, -0.2) is 13.2 Å². The van der Waals surface area contributed by atoms with Gasteiger partial charge in [0.05, 0.1) is 5.56 Å². The first kappa shape index (κ1) is 17.2. The third-order valence-corrected chi connectivity index (χ3v) is 4.44. The van der Waals surface area contributed by atoms with Crippen LogP contribution in [0.5, 0.6) is 0 Å². The van der Waals surface area contributed by atoms with Crippen LogP contribution < -0.4 is 0 Å². The van der Waals surface area contributed by atoms with Gasteiger partial charge >= 0.3 is 0 Å². The van der Waals surface area contributed by atoms with Gasteiger partial charge in [0.25, 0.3) is 5.91 Å². The number of Topliss-reactive ketones (excluding diaryl/α,β-unsaturated/α-hetero) is 1. The molecule has 0 aliphatic carbocycles. The third kappa shape index (κ3) is 3.73. The molecule has 3 nitrogen and oxygen atoms in total. The molecule has 1 fully saturated rings. The van der Waals surface area contributed by atoms with Gasteiger partial charge in [0.15, 0.2) is 5.78 Å². The van der Waals surface area contributed by atoms with E-state index in [9.17, 15) is 22.8 Å². The van der Waals surface area contributed by atoms with Crippen LogP contribution in [0.25, 0.3) is 0 Å². The summed E-state index contributed by atoms with van der Waals surface area (Å²) >= 11 is 0. The molecule has 2 aromatic carbocycles. The summed E-state index contributed by atoms with van der Waals surface area (Å²) in [7, 11) is 0. The fourth-order valence-corrected chi connectivity index (χ4v) is 3.03. The Bertz CT molecular complexity index is 797. The Labute approximate surface area is 143 Å². The van der Waals surface area contributed by atoms with Crippen LogP contribution in [0.3, 0.4) is 0 Å². The molecule has 0 radical (unpaired) electrons. The van der Waals surface area contributed by atoms with Gasteiger partial charge in [-0.15, -0.1) is 0 Å². The molecule has 3 rings (SSSR count). The van der Waals surface area contributed by atoms with E-state index in [4.69, 9.17) is 0 Å². The van der Waals surface area contributed by atoms with Crippen LogP contribution in [0.1, 0.15) is 33.6 Å². The van der Waals surface area contributed by atoms with Crippen molar-refractivity contribution in [3.8, 4) is 0 Å². The third-order valence-electron chi connectivity index (χ3n) is 4.44. The van der Waals surface area contributed by atoms with Crippen molar-refractivity contribution >= 4 is 11.7 Å². The number of halogens is 3. The normalized spacial score (nSPS) is 15.2. The first-order chi connectivity index (χ1) is 12.0. The highest BCUT2D eigenvalue weighted by molar-refractivity contribution is 5.98. The van der Waals surface area contributed by atoms with Gasteiger partial charge in [-0.1, -0.05) is 0 Å². The summed E-state index contributed by atoms with van der Waals surface area (Å²) in [5, 5.41) is 0. The molecule has 6 heteroatoms. The monoisotopic (exact) mass is 347 g/mol. The van der Waals surface area contributed by atoms with Crippen LogP contribution in [0.4, 0.5) is 13.2 Å². The predicted octanol–water partition coefficient (Wildman–Crippen LogP) is 3.84. The van der Waals surface area contributed by atoms with Gasteiger partial charge in [0.2, 0.25) is 0 Å². The maximum atomic E-state index is 13.7. The average Bonchev–Trinajstić information content (AvgIpc) is 2.61.